The van der Waals surface area contributed by atoms with Crippen molar-refractivity contribution in [2.75, 3.05) is 0 Å². The molecule has 0 spiro atoms. The Hall–Kier alpha value is -2.50. The Bertz CT molecular complexity index is 744. The Labute approximate surface area is 115 Å². The second kappa shape index (κ2) is 5.64. The molecular weight excluding hydrogens is 258 g/mol. The Morgan fingerprint density at radius 2 is 1.90 bits per heavy atom. The summed E-state index contributed by atoms with van der Waals surface area (Å²) in [7, 11) is 1.38. The van der Waals surface area contributed by atoms with Crippen molar-refractivity contribution in [2.24, 2.45) is 7.05 Å². The van der Waals surface area contributed by atoms with Crippen molar-refractivity contribution in [3.8, 4) is 0 Å². The van der Waals surface area contributed by atoms with Crippen LogP contribution in [0.4, 0.5) is 0 Å². The van der Waals surface area contributed by atoms with Crippen molar-refractivity contribution < 1.29 is 4.79 Å². The number of Topliss-reactive ketones (excluding diaryl/α,β-unsaturated/α-hetero) is 1. The van der Waals surface area contributed by atoms with Crippen molar-refractivity contribution in [1.29, 1.82) is 0 Å². The van der Waals surface area contributed by atoms with Gasteiger partial charge in [0, 0.05) is 32.2 Å². The van der Waals surface area contributed by atoms with Gasteiger partial charge in [-0.05, 0) is 31.0 Å². The predicted molar refractivity (Wildman–Crippen MR) is 73.9 cm³/mol. The molecule has 0 unspecified atom stereocenters. The van der Waals surface area contributed by atoms with Crippen molar-refractivity contribution in [1.82, 2.24) is 14.1 Å². The lowest BCUT2D eigenvalue weighted by Crippen LogP contribution is -2.40. The number of hydrogen-bond acceptors (Lipinski definition) is 4. The minimum atomic E-state index is -0.553. The van der Waals surface area contributed by atoms with Gasteiger partial charge in [-0.15, -0.1) is 0 Å². The van der Waals surface area contributed by atoms with Gasteiger partial charge in [0.1, 0.15) is 0 Å². The van der Waals surface area contributed by atoms with Crippen LogP contribution in [0.3, 0.4) is 0 Å². The van der Waals surface area contributed by atoms with E-state index in [1.54, 1.807) is 12.4 Å². The first-order valence-electron chi connectivity index (χ1n) is 6.21. The maximum Gasteiger partial charge on any atom is 0.330 e. The summed E-state index contributed by atoms with van der Waals surface area (Å²) in [6, 6.07) is 3.72. The van der Waals surface area contributed by atoms with Crippen molar-refractivity contribution in [2.45, 2.75) is 19.9 Å². The van der Waals surface area contributed by atoms with E-state index in [9.17, 15) is 14.4 Å². The molecule has 0 amide bonds. The molecule has 0 bridgehead atoms. The monoisotopic (exact) mass is 273 g/mol. The van der Waals surface area contributed by atoms with Crippen LogP contribution in [0.1, 0.15) is 22.8 Å². The number of aryl methyl sites for hydroxylation is 2. The molecule has 6 nitrogen and oxygen atoms in total. The zero-order valence-electron chi connectivity index (χ0n) is 11.4. The molecule has 0 saturated carbocycles. The summed E-state index contributed by atoms with van der Waals surface area (Å²) in [5, 5.41) is 0. The largest absolute Gasteiger partial charge is 0.330 e. The normalized spacial score (nSPS) is 10.5. The van der Waals surface area contributed by atoms with Crippen LogP contribution >= 0.6 is 0 Å². The number of carbonyl (C=O) groups is 1. The van der Waals surface area contributed by atoms with Gasteiger partial charge in [-0.1, -0.05) is 0 Å². The van der Waals surface area contributed by atoms with Crippen molar-refractivity contribution >= 4 is 5.78 Å². The van der Waals surface area contributed by atoms with Gasteiger partial charge in [0.2, 0.25) is 0 Å². The smallest absolute Gasteiger partial charge is 0.299 e. The summed E-state index contributed by atoms with van der Waals surface area (Å²) in [4.78, 5) is 39.1. The van der Waals surface area contributed by atoms with Gasteiger partial charge in [0.25, 0.3) is 5.56 Å². The van der Waals surface area contributed by atoms with Gasteiger partial charge in [-0.3, -0.25) is 23.7 Å². The summed E-state index contributed by atoms with van der Waals surface area (Å²) in [5.41, 5.74) is 0.0867. The molecule has 0 saturated heterocycles. The molecule has 2 heterocycles. The lowest BCUT2D eigenvalue weighted by molar-refractivity contribution is 0.101. The highest BCUT2D eigenvalue weighted by atomic mass is 16.2. The Kier molecular flexibility index (Phi) is 3.93. The average molecular weight is 273 g/mol. The quantitative estimate of drug-likeness (QED) is 0.755. The average Bonchev–Trinajstić information content (AvgIpc) is 2.45. The third kappa shape index (κ3) is 2.74. The summed E-state index contributed by atoms with van der Waals surface area (Å²) in [6.45, 7) is 1.71. The summed E-state index contributed by atoms with van der Waals surface area (Å²) < 4.78 is 2.35. The Balaban J connectivity index is 2.35. The van der Waals surface area contributed by atoms with Gasteiger partial charge in [0.05, 0.1) is 5.56 Å². The number of pyridine rings is 1. The van der Waals surface area contributed by atoms with Crippen molar-refractivity contribution in [3.05, 3.63) is 62.7 Å². The van der Waals surface area contributed by atoms with Crippen LogP contribution in [0.2, 0.25) is 0 Å². The molecule has 20 heavy (non-hydrogen) atoms. The van der Waals surface area contributed by atoms with Crippen LogP contribution in [-0.4, -0.2) is 19.9 Å². The standard InChI is InChI=1S/C14H15N3O3/c1-10(18)12-9-17(14(20)16(2)13(12)19)8-5-11-3-6-15-7-4-11/h3-4,6-7,9H,5,8H2,1-2H3. The van der Waals surface area contributed by atoms with E-state index < -0.39 is 11.2 Å². The molecular formula is C14H15N3O3. The fraction of sp³-hybridized carbons (Fsp3) is 0.286. The summed E-state index contributed by atoms with van der Waals surface area (Å²) in [6.07, 6.45) is 5.33. The molecule has 0 aliphatic carbocycles. The number of nitrogens with zero attached hydrogens (tertiary/aromatic N) is 3. The number of ketones is 1. The van der Waals surface area contributed by atoms with Crippen LogP contribution in [0.15, 0.2) is 40.3 Å². The van der Waals surface area contributed by atoms with Gasteiger partial charge in [-0.25, -0.2) is 4.79 Å². The van der Waals surface area contributed by atoms with E-state index in [1.165, 1.54) is 24.7 Å². The van der Waals surface area contributed by atoms with Gasteiger partial charge in [0.15, 0.2) is 5.78 Å². The molecule has 0 radical (unpaired) electrons. The highest BCUT2D eigenvalue weighted by molar-refractivity contribution is 5.93. The topological polar surface area (TPSA) is 74.0 Å². The highest BCUT2D eigenvalue weighted by Crippen LogP contribution is 1.99. The van der Waals surface area contributed by atoms with E-state index in [-0.39, 0.29) is 11.3 Å². The highest BCUT2D eigenvalue weighted by Gasteiger charge is 2.12. The van der Waals surface area contributed by atoms with Crippen LogP contribution in [-0.2, 0) is 20.0 Å². The molecule has 104 valence electrons. The first-order chi connectivity index (χ1) is 9.50. The molecule has 0 N–H and O–H groups in total. The van der Waals surface area contributed by atoms with E-state index in [0.717, 1.165) is 10.1 Å². The number of carbonyl (C=O) groups excluding carboxylic acids is 1. The van der Waals surface area contributed by atoms with Crippen LogP contribution in [0, 0.1) is 0 Å². The first kappa shape index (κ1) is 13.9. The molecule has 0 aromatic carbocycles. The molecule has 0 aliphatic rings. The minimum Gasteiger partial charge on any atom is -0.299 e. The fourth-order valence-corrected chi connectivity index (χ4v) is 1.93. The molecule has 2 aromatic rings. The zero-order valence-corrected chi connectivity index (χ0v) is 11.4. The van der Waals surface area contributed by atoms with Crippen LogP contribution in [0.25, 0.3) is 0 Å². The minimum absolute atomic E-state index is 0.0295. The second-order valence-electron chi connectivity index (χ2n) is 4.54. The molecule has 2 aromatic heterocycles. The number of rotatable bonds is 4. The summed E-state index contributed by atoms with van der Waals surface area (Å²) in [5.74, 6) is -0.344. The summed E-state index contributed by atoms with van der Waals surface area (Å²) >= 11 is 0. The van der Waals surface area contributed by atoms with Crippen LogP contribution < -0.4 is 11.2 Å². The maximum atomic E-state index is 12.0. The molecule has 0 aliphatic heterocycles. The lowest BCUT2D eigenvalue weighted by atomic mass is 10.2. The van der Waals surface area contributed by atoms with Crippen molar-refractivity contribution in [3.63, 3.8) is 0 Å². The van der Waals surface area contributed by atoms with Gasteiger partial charge in [-0.2, -0.15) is 0 Å². The molecule has 0 atom stereocenters. The molecule has 6 heteroatoms. The third-order valence-corrected chi connectivity index (χ3v) is 3.12. The van der Waals surface area contributed by atoms with E-state index >= 15 is 0 Å². The van der Waals surface area contributed by atoms with E-state index in [1.807, 2.05) is 12.1 Å². The Morgan fingerprint density at radius 3 is 2.50 bits per heavy atom. The lowest BCUT2D eigenvalue weighted by Gasteiger charge is -2.09. The second-order valence-corrected chi connectivity index (χ2v) is 4.54. The van der Waals surface area contributed by atoms with Gasteiger partial charge >= 0.3 is 5.69 Å². The third-order valence-electron chi connectivity index (χ3n) is 3.12. The maximum absolute atomic E-state index is 12.0. The molecule has 2 rings (SSSR count). The first-order valence-corrected chi connectivity index (χ1v) is 6.21. The molecule has 0 fully saturated rings. The SMILES string of the molecule is CC(=O)c1cn(CCc2ccncc2)c(=O)n(C)c1=O. The van der Waals surface area contributed by atoms with E-state index in [0.29, 0.717) is 13.0 Å². The predicted octanol–water partition coefficient (Wildman–Crippen LogP) is 0.387. The van der Waals surface area contributed by atoms with Crippen LogP contribution in [0.5, 0.6) is 0 Å². The van der Waals surface area contributed by atoms with E-state index in [2.05, 4.69) is 4.98 Å². The Morgan fingerprint density at radius 1 is 1.25 bits per heavy atom. The number of aromatic nitrogens is 3. The zero-order chi connectivity index (χ0) is 14.7. The van der Waals surface area contributed by atoms with Gasteiger partial charge < -0.3 is 0 Å². The van der Waals surface area contributed by atoms with E-state index in [4.69, 9.17) is 0 Å². The number of hydrogen-bond donors (Lipinski definition) is 0. The fourth-order valence-electron chi connectivity index (χ4n) is 1.93.